The van der Waals surface area contributed by atoms with Crippen molar-refractivity contribution in [1.82, 2.24) is 4.98 Å². The Morgan fingerprint density at radius 2 is 2.43 bits per heavy atom. The molecule has 2 rings (SSSR count). The lowest BCUT2D eigenvalue weighted by atomic mass is 10.2. The largest absolute Gasteiger partial charge is 0.489 e. The van der Waals surface area contributed by atoms with Crippen molar-refractivity contribution in [2.75, 3.05) is 12.4 Å². The van der Waals surface area contributed by atoms with Gasteiger partial charge in [-0.05, 0) is 12.8 Å². The third-order valence-electron chi connectivity index (χ3n) is 2.05. The summed E-state index contributed by atoms with van der Waals surface area (Å²) < 4.78 is 5.53. The molecule has 14 heavy (non-hydrogen) atoms. The molecule has 0 amide bonds. The van der Waals surface area contributed by atoms with Crippen LogP contribution in [0.25, 0.3) is 0 Å². The smallest absolute Gasteiger partial charge is 0.143 e. The number of hydrogen-bond donors (Lipinski definition) is 1. The molecule has 0 unspecified atom stereocenters. The van der Waals surface area contributed by atoms with Gasteiger partial charge < -0.3 is 10.1 Å². The second kappa shape index (κ2) is 3.54. The van der Waals surface area contributed by atoms with Gasteiger partial charge in [-0.3, -0.25) is 0 Å². The zero-order chi connectivity index (χ0) is 9.97. The van der Waals surface area contributed by atoms with Crippen LogP contribution >= 0.6 is 0 Å². The summed E-state index contributed by atoms with van der Waals surface area (Å²) in [7, 11) is 1.74. The standard InChI is InChI=1S/C10H11N3O/c1-12-10-7(5-11)4-9(6-13-10)14-8-2-3-8/h4,6,8H,2-3H2,1H3,(H,12,13). The van der Waals surface area contributed by atoms with Gasteiger partial charge in [-0.15, -0.1) is 0 Å². The molecular weight excluding hydrogens is 178 g/mol. The first kappa shape index (κ1) is 8.82. The third kappa shape index (κ3) is 1.77. The van der Waals surface area contributed by atoms with Crippen molar-refractivity contribution in [1.29, 1.82) is 5.26 Å². The van der Waals surface area contributed by atoms with E-state index in [9.17, 15) is 0 Å². The Morgan fingerprint density at radius 3 is 3.00 bits per heavy atom. The molecule has 0 bridgehead atoms. The Bertz CT molecular complexity index is 379. The van der Waals surface area contributed by atoms with Crippen molar-refractivity contribution in [3.8, 4) is 11.8 Å². The Labute approximate surface area is 82.5 Å². The normalized spacial score (nSPS) is 14.6. The molecule has 1 heterocycles. The molecule has 4 heteroatoms. The summed E-state index contributed by atoms with van der Waals surface area (Å²) in [6.45, 7) is 0. The Morgan fingerprint density at radius 1 is 1.64 bits per heavy atom. The number of pyridine rings is 1. The van der Waals surface area contributed by atoms with Crippen molar-refractivity contribution in [3.63, 3.8) is 0 Å². The molecule has 1 aromatic heterocycles. The first-order valence-corrected chi connectivity index (χ1v) is 4.58. The highest BCUT2D eigenvalue weighted by Gasteiger charge is 2.23. The zero-order valence-electron chi connectivity index (χ0n) is 7.95. The molecule has 0 spiro atoms. The van der Waals surface area contributed by atoms with Crippen molar-refractivity contribution < 1.29 is 4.74 Å². The summed E-state index contributed by atoms with van der Waals surface area (Å²) in [5.41, 5.74) is 0.519. The molecule has 1 N–H and O–H groups in total. The van der Waals surface area contributed by atoms with Crippen LogP contribution in [0.1, 0.15) is 18.4 Å². The minimum absolute atomic E-state index is 0.337. The first-order chi connectivity index (χ1) is 6.83. The molecule has 1 saturated carbocycles. The third-order valence-corrected chi connectivity index (χ3v) is 2.05. The lowest BCUT2D eigenvalue weighted by Gasteiger charge is -2.06. The quantitative estimate of drug-likeness (QED) is 0.783. The van der Waals surface area contributed by atoms with Crippen LogP contribution in [0.5, 0.6) is 5.75 Å². The van der Waals surface area contributed by atoms with E-state index < -0.39 is 0 Å². The number of nitrogens with zero attached hydrogens (tertiary/aromatic N) is 2. The van der Waals surface area contributed by atoms with Crippen LogP contribution in [-0.4, -0.2) is 18.1 Å². The predicted molar refractivity (Wildman–Crippen MR) is 52.1 cm³/mol. The maximum absolute atomic E-state index is 8.84. The van der Waals surface area contributed by atoms with Gasteiger partial charge in [0.25, 0.3) is 0 Å². The van der Waals surface area contributed by atoms with Gasteiger partial charge in [0, 0.05) is 13.1 Å². The van der Waals surface area contributed by atoms with Crippen LogP contribution in [0.4, 0.5) is 5.82 Å². The molecular formula is C10H11N3O. The average Bonchev–Trinajstić information content (AvgIpc) is 3.01. The molecule has 0 aliphatic heterocycles. The van der Waals surface area contributed by atoms with Crippen molar-refractivity contribution in [2.45, 2.75) is 18.9 Å². The number of hydrogen-bond acceptors (Lipinski definition) is 4. The Hall–Kier alpha value is -1.76. The molecule has 0 atom stereocenters. The van der Waals surface area contributed by atoms with Gasteiger partial charge in [-0.1, -0.05) is 0 Å². The van der Waals surface area contributed by atoms with E-state index in [1.54, 1.807) is 19.3 Å². The number of ether oxygens (including phenoxy) is 1. The molecule has 72 valence electrons. The summed E-state index contributed by atoms with van der Waals surface area (Å²) in [5, 5.41) is 11.7. The molecule has 1 aromatic rings. The molecule has 0 saturated heterocycles. The van der Waals surface area contributed by atoms with E-state index in [1.165, 1.54) is 0 Å². The van der Waals surface area contributed by atoms with Gasteiger partial charge in [0.15, 0.2) is 0 Å². The van der Waals surface area contributed by atoms with E-state index in [0.29, 0.717) is 23.2 Å². The van der Waals surface area contributed by atoms with E-state index in [0.717, 1.165) is 12.8 Å². The number of rotatable bonds is 3. The topological polar surface area (TPSA) is 57.9 Å². The highest BCUT2D eigenvalue weighted by molar-refractivity contribution is 5.53. The van der Waals surface area contributed by atoms with Crippen molar-refractivity contribution >= 4 is 5.82 Å². The van der Waals surface area contributed by atoms with Crippen LogP contribution in [0.2, 0.25) is 0 Å². The van der Waals surface area contributed by atoms with E-state index >= 15 is 0 Å². The highest BCUT2D eigenvalue weighted by Crippen LogP contribution is 2.27. The number of nitriles is 1. The van der Waals surface area contributed by atoms with Crippen molar-refractivity contribution in [3.05, 3.63) is 17.8 Å². The summed E-state index contributed by atoms with van der Waals surface area (Å²) >= 11 is 0. The minimum atomic E-state index is 0.337. The summed E-state index contributed by atoms with van der Waals surface area (Å²) in [6, 6.07) is 3.79. The molecule has 4 nitrogen and oxygen atoms in total. The van der Waals surface area contributed by atoms with Gasteiger partial charge >= 0.3 is 0 Å². The fraction of sp³-hybridized carbons (Fsp3) is 0.400. The van der Waals surface area contributed by atoms with Gasteiger partial charge in [0.05, 0.1) is 17.9 Å². The number of anilines is 1. The Kier molecular flexibility index (Phi) is 2.23. The molecule has 0 aromatic carbocycles. The van der Waals surface area contributed by atoms with Gasteiger partial charge in [0.2, 0.25) is 0 Å². The lowest BCUT2D eigenvalue weighted by molar-refractivity contribution is 0.302. The molecule has 1 fully saturated rings. The predicted octanol–water partition coefficient (Wildman–Crippen LogP) is 1.54. The summed E-state index contributed by atoms with van der Waals surface area (Å²) in [4.78, 5) is 4.09. The van der Waals surface area contributed by atoms with Crippen LogP contribution in [0.3, 0.4) is 0 Å². The van der Waals surface area contributed by atoms with Gasteiger partial charge in [-0.2, -0.15) is 5.26 Å². The second-order valence-electron chi connectivity index (χ2n) is 3.25. The van der Waals surface area contributed by atoms with Gasteiger partial charge in [-0.25, -0.2) is 4.98 Å². The fourth-order valence-corrected chi connectivity index (χ4v) is 1.17. The monoisotopic (exact) mass is 189 g/mol. The van der Waals surface area contributed by atoms with Gasteiger partial charge in [0.1, 0.15) is 17.6 Å². The SMILES string of the molecule is CNc1ncc(OC2CC2)cc1C#N. The molecule has 0 radical (unpaired) electrons. The van der Waals surface area contributed by atoms with E-state index in [1.807, 2.05) is 0 Å². The number of aromatic nitrogens is 1. The minimum Gasteiger partial charge on any atom is -0.489 e. The van der Waals surface area contributed by atoms with Crippen molar-refractivity contribution in [2.24, 2.45) is 0 Å². The zero-order valence-corrected chi connectivity index (χ0v) is 7.95. The maximum atomic E-state index is 8.84. The number of nitrogens with one attached hydrogen (secondary N) is 1. The first-order valence-electron chi connectivity index (χ1n) is 4.58. The van der Waals surface area contributed by atoms with Crippen LogP contribution in [0, 0.1) is 11.3 Å². The average molecular weight is 189 g/mol. The lowest BCUT2D eigenvalue weighted by Crippen LogP contribution is -2.00. The molecule has 1 aliphatic carbocycles. The Balaban J connectivity index is 2.22. The van der Waals surface area contributed by atoms with Crippen LogP contribution in [0.15, 0.2) is 12.3 Å². The van der Waals surface area contributed by atoms with E-state index in [4.69, 9.17) is 10.00 Å². The van der Waals surface area contributed by atoms with Crippen LogP contribution in [-0.2, 0) is 0 Å². The maximum Gasteiger partial charge on any atom is 0.143 e. The summed E-state index contributed by atoms with van der Waals surface area (Å²) in [6.07, 6.45) is 4.19. The summed E-state index contributed by atoms with van der Waals surface area (Å²) in [5.74, 6) is 1.28. The second-order valence-corrected chi connectivity index (χ2v) is 3.25. The van der Waals surface area contributed by atoms with E-state index in [2.05, 4.69) is 16.4 Å². The highest BCUT2D eigenvalue weighted by atomic mass is 16.5. The van der Waals surface area contributed by atoms with E-state index in [-0.39, 0.29) is 0 Å². The fourth-order valence-electron chi connectivity index (χ4n) is 1.17. The van der Waals surface area contributed by atoms with Crippen LogP contribution < -0.4 is 10.1 Å². The molecule has 1 aliphatic rings.